The molecule has 2 aliphatic rings. The van der Waals surface area contributed by atoms with Crippen LogP contribution in [0.25, 0.3) is 32.9 Å². The molecule has 0 saturated heterocycles. The molecule has 2 heterocycles. The Hall–Kier alpha value is -3.85. The normalized spacial score (nSPS) is 19.9. The van der Waals surface area contributed by atoms with Crippen molar-refractivity contribution in [1.82, 2.24) is 4.98 Å². The predicted octanol–water partition coefficient (Wildman–Crippen LogP) is 7.23. The van der Waals surface area contributed by atoms with Crippen molar-refractivity contribution in [3.05, 3.63) is 102 Å². The molecular formula is C30H23NO2. The molecule has 33 heavy (non-hydrogen) atoms. The average Bonchev–Trinajstić information content (AvgIpc) is 3.08. The molecule has 0 bridgehead atoms. The Labute approximate surface area is 192 Å². The highest BCUT2D eigenvalue weighted by Gasteiger charge is 2.54. The summed E-state index contributed by atoms with van der Waals surface area (Å²) in [6.45, 7) is 4.54. The first-order valence-electron chi connectivity index (χ1n) is 11.5. The van der Waals surface area contributed by atoms with Crippen LogP contribution in [-0.2, 0) is 5.41 Å². The summed E-state index contributed by atoms with van der Waals surface area (Å²) in [5.41, 5.74) is 5.27. The second kappa shape index (κ2) is 6.58. The summed E-state index contributed by atoms with van der Waals surface area (Å²) in [5, 5.41) is 3.61. The second-order valence-corrected chi connectivity index (χ2v) is 9.57. The molecule has 1 aliphatic heterocycles. The molecule has 2 unspecified atom stereocenters. The third kappa shape index (κ3) is 2.59. The number of hydrogen-bond donors (Lipinski definition) is 0. The van der Waals surface area contributed by atoms with E-state index in [0.717, 1.165) is 33.8 Å². The van der Waals surface area contributed by atoms with Crippen molar-refractivity contribution in [2.45, 2.75) is 31.5 Å². The van der Waals surface area contributed by atoms with Gasteiger partial charge in [-0.15, -0.1) is 0 Å². The van der Waals surface area contributed by atoms with Crippen molar-refractivity contribution < 1.29 is 9.47 Å². The molecule has 160 valence electrons. The standard InChI is InChI=1S/C30H23NO2/c1-30(2)26-21-11-5-6-12-22(21)31-27(20-16-15-18-9-3-4-10-19(18)17-20)25(26)28-29(30)33-24-14-8-7-13-23(24)32-28/h3-17,28-29H,1-2H3. The number of fused-ring (bicyclic) bond motifs is 7. The smallest absolute Gasteiger partial charge is 0.164 e. The van der Waals surface area contributed by atoms with Gasteiger partial charge in [-0.1, -0.05) is 80.6 Å². The van der Waals surface area contributed by atoms with Gasteiger partial charge in [0.2, 0.25) is 0 Å². The van der Waals surface area contributed by atoms with Gasteiger partial charge in [0.25, 0.3) is 0 Å². The van der Waals surface area contributed by atoms with Crippen molar-refractivity contribution >= 4 is 21.7 Å². The molecule has 3 heteroatoms. The fraction of sp³-hybridized carbons (Fsp3) is 0.167. The number of rotatable bonds is 1. The number of pyridine rings is 1. The summed E-state index contributed by atoms with van der Waals surface area (Å²) in [6, 6.07) is 31.5. The lowest BCUT2D eigenvalue weighted by Gasteiger charge is -2.36. The Morgan fingerprint density at radius 3 is 2.27 bits per heavy atom. The quantitative estimate of drug-likeness (QED) is 0.282. The van der Waals surface area contributed by atoms with E-state index in [1.807, 2.05) is 24.3 Å². The molecule has 2 atom stereocenters. The van der Waals surface area contributed by atoms with Crippen molar-refractivity contribution in [3.63, 3.8) is 0 Å². The maximum atomic E-state index is 6.65. The van der Waals surface area contributed by atoms with Crippen molar-refractivity contribution in [1.29, 1.82) is 0 Å². The number of para-hydroxylation sites is 3. The largest absolute Gasteiger partial charge is 0.481 e. The van der Waals surface area contributed by atoms with Gasteiger partial charge in [0.05, 0.1) is 11.2 Å². The van der Waals surface area contributed by atoms with Crippen molar-refractivity contribution in [2.75, 3.05) is 0 Å². The third-order valence-electron chi connectivity index (χ3n) is 7.23. The Kier molecular flexibility index (Phi) is 3.73. The van der Waals surface area contributed by atoms with Gasteiger partial charge in [0, 0.05) is 21.9 Å². The van der Waals surface area contributed by atoms with Crippen LogP contribution in [0.4, 0.5) is 0 Å². The predicted molar refractivity (Wildman–Crippen MR) is 132 cm³/mol. The molecule has 1 aliphatic carbocycles. The van der Waals surface area contributed by atoms with Gasteiger partial charge in [0.15, 0.2) is 17.6 Å². The van der Waals surface area contributed by atoms with Crippen LogP contribution in [0.3, 0.4) is 0 Å². The van der Waals surface area contributed by atoms with E-state index in [0.29, 0.717) is 0 Å². The summed E-state index contributed by atoms with van der Waals surface area (Å²) < 4.78 is 13.3. The van der Waals surface area contributed by atoms with Gasteiger partial charge in [-0.25, -0.2) is 4.98 Å². The number of hydrogen-bond acceptors (Lipinski definition) is 3. The number of aromatic nitrogens is 1. The number of benzene rings is 4. The summed E-state index contributed by atoms with van der Waals surface area (Å²) >= 11 is 0. The molecule has 0 saturated carbocycles. The molecular weight excluding hydrogens is 406 g/mol. The lowest BCUT2D eigenvalue weighted by molar-refractivity contribution is -0.00204. The third-order valence-corrected chi connectivity index (χ3v) is 7.23. The van der Waals surface area contributed by atoms with Gasteiger partial charge >= 0.3 is 0 Å². The summed E-state index contributed by atoms with van der Waals surface area (Å²) in [4.78, 5) is 5.20. The second-order valence-electron chi connectivity index (χ2n) is 9.57. The van der Waals surface area contributed by atoms with Gasteiger partial charge in [-0.05, 0) is 40.6 Å². The van der Waals surface area contributed by atoms with Gasteiger partial charge in [-0.3, -0.25) is 0 Å². The fourth-order valence-corrected chi connectivity index (χ4v) is 5.67. The lowest BCUT2D eigenvalue weighted by Crippen LogP contribution is -2.40. The minimum atomic E-state index is -0.248. The van der Waals surface area contributed by atoms with Crippen LogP contribution < -0.4 is 9.47 Å². The highest BCUT2D eigenvalue weighted by atomic mass is 16.6. The van der Waals surface area contributed by atoms with Crippen LogP contribution in [0.1, 0.15) is 31.1 Å². The van der Waals surface area contributed by atoms with Gasteiger partial charge in [-0.2, -0.15) is 0 Å². The molecule has 0 amide bonds. The SMILES string of the molecule is CC1(C)c2c(c(-c3ccc4ccccc4c3)nc3ccccc23)C2Oc3ccccc3OC21. The van der Waals surface area contributed by atoms with Crippen LogP contribution in [0, 0.1) is 0 Å². The maximum absolute atomic E-state index is 6.65. The van der Waals surface area contributed by atoms with E-state index in [9.17, 15) is 0 Å². The van der Waals surface area contributed by atoms with Crippen LogP contribution >= 0.6 is 0 Å². The first kappa shape index (κ1) is 18.7. The van der Waals surface area contributed by atoms with E-state index < -0.39 is 0 Å². The zero-order chi connectivity index (χ0) is 22.2. The monoisotopic (exact) mass is 429 g/mol. The van der Waals surface area contributed by atoms with E-state index in [2.05, 4.69) is 80.6 Å². The van der Waals surface area contributed by atoms with Crippen molar-refractivity contribution in [2.24, 2.45) is 0 Å². The Balaban J connectivity index is 1.54. The minimum absolute atomic E-state index is 0.130. The highest BCUT2D eigenvalue weighted by molar-refractivity contribution is 5.92. The lowest BCUT2D eigenvalue weighted by atomic mass is 9.82. The van der Waals surface area contributed by atoms with Gasteiger partial charge in [0.1, 0.15) is 6.10 Å². The van der Waals surface area contributed by atoms with Crippen LogP contribution in [-0.4, -0.2) is 11.1 Å². The Morgan fingerprint density at radius 2 is 1.42 bits per heavy atom. The van der Waals surface area contributed by atoms with E-state index in [1.54, 1.807) is 0 Å². The molecule has 5 aromatic rings. The van der Waals surface area contributed by atoms with Crippen LogP contribution in [0.5, 0.6) is 11.5 Å². The van der Waals surface area contributed by atoms with Gasteiger partial charge < -0.3 is 9.47 Å². The van der Waals surface area contributed by atoms with E-state index in [-0.39, 0.29) is 17.6 Å². The fourth-order valence-electron chi connectivity index (χ4n) is 5.67. The molecule has 3 nitrogen and oxygen atoms in total. The van der Waals surface area contributed by atoms with E-state index in [1.165, 1.54) is 21.7 Å². The Bertz CT molecular complexity index is 1570. The topological polar surface area (TPSA) is 31.4 Å². The maximum Gasteiger partial charge on any atom is 0.164 e. The minimum Gasteiger partial charge on any atom is -0.481 e. The average molecular weight is 430 g/mol. The summed E-state index contributed by atoms with van der Waals surface area (Å²) in [6.07, 6.45) is -0.349. The van der Waals surface area contributed by atoms with Crippen LogP contribution in [0.2, 0.25) is 0 Å². The number of ether oxygens (including phenoxy) is 2. The molecule has 0 spiro atoms. The molecule has 0 radical (unpaired) electrons. The van der Waals surface area contributed by atoms with Crippen LogP contribution in [0.15, 0.2) is 91.0 Å². The molecule has 4 aromatic carbocycles. The summed E-state index contributed by atoms with van der Waals surface area (Å²) in [5.74, 6) is 1.60. The molecule has 0 N–H and O–H groups in total. The first-order chi connectivity index (χ1) is 16.1. The molecule has 0 fully saturated rings. The first-order valence-corrected chi connectivity index (χ1v) is 11.5. The zero-order valence-corrected chi connectivity index (χ0v) is 18.6. The number of nitrogens with zero attached hydrogens (tertiary/aromatic N) is 1. The van der Waals surface area contributed by atoms with Crippen molar-refractivity contribution in [3.8, 4) is 22.8 Å². The molecule has 1 aromatic heterocycles. The highest BCUT2D eigenvalue weighted by Crippen LogP contribution is 2.56. The summed E-state index contributed by atoms with van der Waals surface area (Å²) in [7, 11) is 0. The van der Waals surface area contributed by atoms with E-state index in [4.69, 9.17) is 14.5 Å². The zero-order valence-electron chi connectivity index (χ0n) is 18.6. The van der Waals surface area contributed by atoms with E-state index >= 15 is 0 Å². The molecule has 7 rings (SSSR count). The Morgan fingerprint density at radius 1 is 0.727 bits per heavy atom.